The van der Waals surface area contributed by atoms with Crippen molar-refractivity contribution in [1.29, 1.82) is 0 Å². The summed E-state index contributed by atoms with van der Waals surface area (Å²) in [7, 11) is 0. The lowest BCUT2D eigenvalue weighted by Crippen LogP contribution is -2.60. The van der Waals surface area contributed by atoms with Crippen LogP contribution in [-0.2, 0) is 9.47 Å². The van der Waals surface area contributed by atoms with E-state index in [9.17, 15) is 4.79 Å². The van der Waals surface area contributed by atoms with Gasteiger partial charge in [-0.3, -0.25) is 4.90 Å². The number of ether oxygens (including phenoxy) is 2. The molecule has 22 heavy (non-hydrogen) atoms. The molecule has 0 aromatic heterocycles. The van der Waals surface area contributed by atoms with Crippen LogP contribution in [0.3, 0.4) is 0 Å². The van der Waals surface area contributed by atoms with Gasteiger partial charge in [0.15, 0.2) is 0 Å². The molecule has 122 valence electrons. The summed E-state index contributed by atoms with van der Waals surface area (Å²) in [6, 6.07) is -0.204. The summed E-state index contributed by atoms with van der Waals surface area (Å²) in [5.74, 6) is 0. The zero-order valence-corrected chi connectivity index (χ0v) is 13.9. The maximum atomic E-state index is 12.3. The predicted octanol–water partition coefficient (Wildman–Crippen LogP) is 2.42. The van der Waals surface area contributed by atoms with Gasteiger partial charge in [-0.1, -0.05) is 17.7 Å². The van der Waals surface area contributed by atoms with Gasteiger partial charge in [-0.25, -0.2) is 4.79 Å². The van der Waals surface area contributed by atoms with Gasteiger partial charge < -0.3 is 14.8 Å². The minimum Gasteiger partial charge on any atom is -0.450 e. The van der Waals surface area contributed by atoms with E-state index in [1.54, 1.807) is 4.90 Å². The summed E-state index contributed by atoms with van der Waals surface area (Å²) in [6.07, 6.45) is 3.69. The number of rotatable bonds is 1. The van der Waals surface area contributed by atoms with E-state index < -0.39 is 5.60 Å². The highest BCUT2D eigenvalue weighted by Gasteiger charge is 2.49. The first-order valence-corrected chi connectivity index (χ1v) is 8.34. The number of halogens is 1. The molecule has 2 aliphatic heterocycles. The molecule has 0 bridgehead atoms. The van der Waals surface area contributed by atoms with Crippen LogP contribution in [0.2, 0.25) is 0 Å². The van der Waals surface area contributed by atoms with Gasteiger partial charge in [0.2, 0.25) is 0 Å². The molecule has 2 atom stereocenters. The van der Waals surface area contributed by atoms with Crippen molar-refractivity contribution in [2.75, 3.05) is 32.8 Å². The van der Waals surface area contributed by atoms with E-state index in [-0.39, 0.29) is 12.1 Å². The molecule has 5 nitrogen and oxygen atoms in total. The van der Waals surface area contributed by atoms with Crippen molar-refractivity contribution in [2.45, 2.75) is 38.3 Å². The van der Waals surface area contributed by atoms with Gasteiger partial charge in [0.25, 0.3) is 0 Å². The lowest BCUT2D eigenvalue weighted by Gasteiger charge is -2.48. The highest BCUT2D eigenvalue weighted by molar-refractivity contribution is 6.31. The second-order valence-corrected chi connectivity index (χ2v) is 6.41. The Bertz CT molecular complexity index is 531. The van der Waals surface area contributed by atoms with E-state index in [2.05, 4.69) is 11.4 Å². The maximum absolute atomic E-state index is 12.3. The van der Waals surface area contributed by atoms with Crippen molar-refractivity contribution in [3.8, 4) is 0 Å². The highest BCUT2D eigenvalue weighted by Crippen LogP contribution is 2.44. The third-order valence-electron chi connectivity index (χ3n) is 4.71. The average molecular weight is 327 g/mol. The number of nitrogens with zero attached hydrogens (tertiary/aromatic N) is 1. The first-order valence-electron chi connectivity index (χ1n) is 7.96. The summed E-state index contributed by atoms with van der Waals surface area (Å²) >= 11 is 6.73. The Morgan fingerprint density at radius 3 is 3.09 bits per heavy atom. The summed E-state index contributed by atoms with van der Waals surface area (Å²) < 4.78 is 11.2. The number of carbonyl (C=O) groups is 1. The molecular formula is C16H23ClN2O3. The van der Waals surface area contributed by atoms with Gasteiger partial charge >= 0.3 is 6.09 Å². The average Bonchev–Trinajstić information content (AvgIpc) is 2.74. The minimum absolute atomic E-state index is 0.204. The van der Waals surface area contributed by atoms with Crippen LogP contribution in [-0.4, -0.2) is 55.5 Å². The van der Waals surface area contributed by atoms with Crippen LogP contribution >= 0.6 is 11.6 Å². The van der Waals surface area contributed by atoms with Gasteiger partial charge in [0.05, 0.1) is 24.3 Å². The number of amides is 1. The SMILES string of the molecule is CCOC(=O)N1CCO[C@]2(C)C(Cl)=C3CCNCCC3=CC12. The topological polar surface area (TPSA) is 50.8 Å². The van der Waals surface area contributed by atoms with Crippen LogP contribution in [0.1, 0.15) is 26.7 Å². The molecule has 3 rings (SSSR count). The van der Waals surface area contributed by atoms with Gasteiger partial charge in [0, 0.05) is 6.54 Å². The second-order valence-electron chi connectivity index (χ2n) is 6.03. The molecule has 0 radical (unpaired) electrons. The van der Waals surface area contributed by atoms with E-state index in [0.717, 1.165) is 31.0 Å². The van der Waals surface area contributed by atoms with Gasteiger partial charge in [-0.15, -0.1) is 0 Å². The second kappa shape index (κ2) is 6.22. The zero-order chi connectivity index (χ0) is 15.7. The molecule has 1 unspecified atom stereocenters. The van der Waals surface area contributed by atoms with Crippen molar-refractivity contribution in [1.82, 2.24) is 10.2 Å². The van der Waals surface area contributed by atoms with Crippen LogP contribution in [0.5, 0.6) is 0 Å². The number of fused-ring (bicyclic) bond motifs is 2. The summed E-state index contributed by atoms with van der Waals surface area (Å²) in [4.78, 5) is 14.0. The lowest BCUT2D eigenvalue weighted by atomic mass is 9.80. The fourth-order valence-electron chi connectivity index (χ4n) is 3.53. The molecule has 2 fully saturated rings. The minimum atomic E-state index is -0.671. The van der Waals surface area contributed by atoms with Crippen molar-refractivity contribution < 1.29 is 14.3 Å². The number of hydrogen-bond donors (Lipinski definition) is 1. The Hall–Kier alpha value is -1.04. The van der Waals surface area contributed by atoms with Crippen LogP contribution in [0, 0.1) is 0 Å². The maximum Gasteiger partial charge on any atom is 0.410 e. The molecule has 2 saturated heterocycles. The molecule has 2 heterocycles. The molecule has 0 aromatic carbocycles. The molecule has 1 amide bonds. The Morgan fingerprint density at radius 2 is 2.32 bits per heavy atom. The molecule has 0 saturated carbocycles. The normalized spacial score (nSPS) is 31.9. The third kappa shape index (κ3) is 2.55. The molecule has 1 aliphatic carbocycles. The lowest BCUT2D eigenvalue weighted by molar-refractivity contribution is -0.0918. The third-order valence-corrected chi connectivity index (χ3v) is 5.31. The Balaban J connectivity index is 1.98. The summed E-state index contributed by atoms with van der Waals surface area (Å²) in [5, 5.41) is 4.14. The summed E-state index contributed by atoms with van der Waals surface area (Å²) in [6.45, 7) is 7.02. The highest BCUT2D eigenvalue weighted by atomic mass is 35.5. The molecule has 0 aromatic rings. The number of morpholine rings is 1. The van der Waals surface area contributed by atoms with Crippen molar-refractivity contribution >= 4 is 17.7 Å². The quantitative estimate of drug-likeness (QED) is 0.804. The first-order chi connectivity index (χ1) is 10.6. The van der Waals surface area contributed by atoms with E-state index >= 15 is 0 Å². The molecule has 0 spiro atoms. The fraction of sp³-hybridized carbons (Fsp3) is 0.688. The molecule has 6 heteroatoms. The largest absolute Gasteiger partial charge is 0.450 e. The monoisotopic (exact) mass is 326 g/mol. The van der Waals surface area contributed by atoms with Crippen LogP contribution < -0.4 is 5.32 Å². The van der Waals surface area contributed by atoms with Crippen molar-refractivity contribution in [3.05, 3.63) is 22.3 Å². The van der Waals surface area contributed by atoms with Gasteiger partial charge in [0.1, 0.15) is 5.60 Å². The van der Waals surface area contributed by atoms with Crippen LogP contribution in [0.15, 0.2) is 22.3 Å². The standard InChI is InChI=1S/C16H23ClN2O3/c1-3-21-15(20)19-8-9-22-16(2)13(19)10-11-4-6-18-7-5-12(11)14(16)17/h10,13,18H,3-9H2,1-2H3/t13?,16-/m0/s1. The fourth-order valence-corrected chi connectivity index (χ4v) is 3.91. The van der Waals surface area contributed by atoms with E-state index in [1.165, 1.54) is 11.1 Å². The Kier molecular flexibility index (Phi) is 4.48. The zero-order valence-electron chi connectivity index (χ0n) is 13.2. The first kappa shape index (κ1) is 15.8. The molecule has 3 aliphatic rings. The number of nitrogens with one attached hydrogen (secondary N) is 1. The molecular weight excluding hydrogens is 304 g/mol. The van der Waals surface area contributed by atoms with Crippen molar-refractivity contribution in [3.63, 3.8) is 0 Å². The smallest absolute Gasteiger partial charge is 0.410 e. The number of hydrogen-bond acceptors (Lipinski definition) is 4. The van der Waals surface area contributed by atoms with E-state index in [0.29, 0.717) is 19.8 Å². The van der Waals surface area contributed by atoms with E-state index in [4.69, 9.17) is 21.1 Å². The Morgan fingerprint density at radius 1 is 1.55 bits per heavy atom. The Labute approximate surface area is 136 Å². The molecule has 1 N–H and O–H groups in total. The summed E-state index contributed by atoms with van der Waals surface area (Å²) in [5.41, 5.74) is 1.74. The van der Waals surface area contributed by atoms with Gasteiger partial charge in [-0.05, 0) is 50.9 Å². The number of carbonyl (C=O) groups excluding carboxylic acids is 1. The predicted molar refractivity (Wildman–Crippen MR) is 84.9 cm³/mol. The van der Waals surface area contributed by atoms with E-state index in [1.807, 2.05) is 13.8 Å². The van der Waals surface area contributed by atoms with Crippen molar-refractivity contribution in [2.24, 2.45) is 0 Å². The van der Waals surface area contributed by atoms with Gasteiger partial charge in [-0.2, -0.15) is 0 Å². The van der Waals surface area contributed by atoms with Crippen LogP contribution in [0.4, 0.5) is 4.79 Å². The van der Waals surface area contributed by atoms with Crippen LogP contribution in [0.25, 0.3) is 0 Å².